The van der Waals surface area contributed by atoms with E-state index in [9.17, 15) is 5.11 Å². The fraction of sp³-hybridized carbons (Fsp3) is 0.562. The first-order valence-electron chi connectivity index (χ1n) is 6.65. The molecule has 0 heterocycles. The molecule has 0 radical (unpaired) electrons. The quantitative estimate of drug-likeness (QED) is 0.632. The maximum Gasteiger partial charge on any atom is 0.123 e. The lowest BCUT2D eigenvalue weighted by molar-refractivity contribution is 0.423. The highest BCUT2D eigenvalue weighted by Crippen LogP contribution is 2.39. The molecule has 0 unspecified atom stereocenters. The van der Waals surface area contributed by atoms with Gasteiger partial charge in [0.1, 0.15) is 5.75 Å². The second-order valence-corrected chi connectivity index (χ2v) is 6.95. The van der Waals surface area contributed by atoms with E-state index in [4.69, 9.17) is 0 Å². The van der Waals surface area contributed by atoms with Crippen LogP contribution in [0.2, 0.25) is 0 Å². The number of aromatic hydroxyl groups is 1. The summed E-state index contributed by atoms with van der Waals surface area (Å²) in [4.78, 5) is 0. The van der Waals surface area contributed by atoms with Gasteiger partial charge in [-0.25, -0.2) is 0 Å². The molecule has 3 nitrogen and oxygen atoms in total. The smallest absolute Gasteiger partial charge is 0.123 e. The Morgan fingerprint density at radius 2 is 1.42 bits per heavy atom. The average molecular weight is 262 g/mol. The molecule has 0 amide bonds. The number of nitrogens with one attached hydrogen (secondary N) is 1. The van der Waals surface area contributed by atoms with Gasteiger partial charge in [-0.15, -0.1) is 0 Å². The molecule has 0 aliphatic carbocycles. The lowest BCUT2D eigenvalue weighted by atomic mass is 9.78. The number of rotatable bonds is 2. The Bertz CT molecular complexity index is 441. The van der Waals surface area contributed by atoms with Crippen LogP contribution < -0.4 is 5.43 Å². The van der Waals surface area contributed by atoms with Crippen LogP contribution in [0, 0.1) is 0 Å². The number of benzene rings is 1. The van der Waals surface area contributed by atoms with E-state index in [1.807, 2.05) is 12.1 Å². The number of phenols is 1. The van der Waals surface area contributed by atoms with Crippen LogP contribution in [0.4, 0.5) is 0 Å². The molecule has 1 aromatic carbocycles. The Hall–Kier alpha value is -1.51. The first-order valence-corrected chi connectivity index (χ1v) is 6.65. The maximum atomic E-state index is 10.5. The normalized spacial score (nSPS) is 13.0. The standard InChI is InChI=1S/C16H26N2O/c1-15(2,3)12-8-11(10-18-17-7)9-13(14(12)19)16(4,5)6/h8-10,17,19H,1-7H3. The van der Waals surface area contributed by atoms with Crippen LogP contribution in [0.15, 0.2) is 17.2 Å². The molecule has 2 N–H and O–H groups in total. The summed E-state index contributed by atoms with van der Waals surface area (Å²) in [5, 5.41) is 14.6. The van der Waals surface area contributed by atoms with E-state index in [-0.39, 0.29) is 10.8 Å². The van der Waals surface area contributed by atoms with Crippen molar-refractivity contribution < 1.29 is 5.11 Å². The van der Waals surface area contributed by atoms with Crippen molar-refractivity contribution in [3.05, 3.63) is 28.8 Å². The van der Waals surface area contributed by atoms with Gasteiger partial charge in [-0.3, -0.25) is 0 Å². The molecule has 106 valence electrons. The van der Waals surface area contributed by atoms with Gasteiger partial charge in [0.2, 0.25) is 0 Å². The van der Waals surface area contributed by atoms with Gasteiger partial charge in [0.05, 0.1) is 6.21 Å². The summed E-state index contributed by atoms with van der Waals surface area (Å²) in [5.41, 5.74) is 5.46. The van der Waals surface area contributed by atoms with Crippen LogP contribution in [-0.2, 0) is 10.8 Å². The molecule has 3 heteroatoms. The van der Waals surface area contributed by atoms with Gasteiger partial charge >= 0.3 is 0 Å². The van der Waals surface area contributed by atoms with E-state index in [0.717, 1.165) is 16.7 Å². The Balaban J connectivity index is 3.52. The van der Waals surface area contributed by atoms with Gasteiger partial charge in [-0.1, -0.05) is 41.5 Å². The van der Waals surface area contributed by atoms with Gasteiger partial charge < -0.3 is 10.5 Å². The average Bonchev–Trinajstić information content (AvgIpc) is 2.24. The van der Waals surface area contributed by atoms with E-state index in [0.29, 0.717) is 5.75 Å². The van der Waals surface area contributed by atoms with Crippen molar-refractivity contribution in [2.75, 3.05) is 7.05 Å². The third kappa shape index (κ3) is 3.72. The second kappa shape index (κ2) is 5.24. The topological polar surface area (TPSA) is 44.6 Å². The molecule has 0 atom stereocenters. The predicted molar refractivity (Wildman–Crippen MR) is 82.2 cm³/mol. The highest BCUT2D eigenvalue weighted by molar-refractivity contribution is 5.81. The Labute approximate surface area is 116 Å². The molecular formula is C16H26N2O. The predicted octanol–water partition coefficient (Wildman–Crippen LogP) is 3.54. The van der Waals surface area contributed by atoms with Gasteiger partial charge in [-0.05, 0) is 28.5 Å². The third-order valence-electron chi connectivity index (χ3n) is 3.09. The van der Waals surface area contributed by atoms with Gasteiger partial charge in [0, 0.05) is 18.2 Å². The van der Waals surface area contributed by atoms with Crippen molar-refractivity contribution in [3.63, 3.8) is 0 Å². The van der Waals surface area contributed by atoms with Crippen molar-refractivity contribution in [2.24, 2.45) is 5.10 Å². The molecule has 0 aromatic heterocycles. The minimum Gasteiger partial charge on any atom is -0.507 e. The number of hydrogen-bond donors (Lipinski definition) is 2. The van der Waals surface area contributed by atoms with Crippen molar-refractivity contribution in [1.82, 2.24) is 5.43 Å². The van der Waals surface area contributed by atoms with Crippen LogP contribution in [-0.4, -0.2) is 18.4 Å². The van der Waals surface area contributed by atoms with Crippen LogP contribution >= 0.6 is 0 Å². The molecule has 0 bridgehead atoms. The van der Waals surface area contributed by atoms with E-state index < -0.39 is 0 Å². The Morgan fingerprint density at radius 3 is 1.74 bits per heavy atom. The number of nitrogens with zero attached hydrogens (tertiary/aromatic N) is 1. The first-order chi connectivity index (χ1) is 8.57. The zero-order valence-corrected chi connectivity index (χ0v) is 13.1. The first kappa shape index (κ1) is 15.5. The highest BCUT2D eigenvalue weighted by Gasteiger charge is 2.26. The van der Waals surface area contributed by atoms with Crippen LogP contribution in [0.5, 0.6) is 5.75 Å². The van der Waals surface area contributed by atoms with Crippen LogP contribution in [0.3, 0.4) is 0 Å². The lowest BCUT2D eigenvalue weighted by Crippen LogP contribution is -2.18. The van der Waals surface area contributed by atoms with Crippen molar-refractivity contribution >= 4 is 6.21 Å². The number of phenolic OH excluding ortho intramolecular Hbond substituents is 1. The van der Waals surface area contributed by atoms with Gasteiger partial charge in [0.25, 0.3) is 0 Å². The summed E-state index contributed by atoms with van der Waals surface area (Å²) in [6.45, 7) is 12.6. The van der Waals surface area contributed by atoms with Crippen LogP contribution in [0.25, 0.3) is 0 Å². The van der Waals surface area contributed by atoms with Gasteiger partial charge in [-0.2, -0.15) is 5.10 Å². The largest absolute Gasteiger partial charge is 0.507 e. The molecule has 0 saturated carbocycles. The Morgan fingerprint density at radius 1 is 1.00 bits per heavy atom. The summed E-state index contributed by atoms with van der Waals surface area (Å²) in [6, 6.07) is 4.01. The van der Waals surface area contributed by atoms with Crippen molar-refractivity contribution in [1.29, 1.82) is 0 Å². The zero-order chi connectivity index (χ0) is 14.8. The monoisotopic (exact) mass is 262 g/mol. The second-order valence-electron chi connectivity index (χ2n) is 6.95. The SMILES string of the molecule is CNN=Cc1cc(C(C)(C)C)c(O)c(C(C)(C)C)c1. The van der Waals surface area contributed by atoms with E-state index in [1.165, 1.54) is 0 Å². The number of hydrogen-bond acceptors (Lipinski definition) is 3. The lowest BCUT2D eigenvalue weighted by Gasteiger charge is -2.27. The number of hydrazone groups is 1. The molecule has 0 saturated heterocycles. The van der Waals surface area contributed by atoms with E-state index in [2.05, 4.69) is 52.1 Å². The fourth-order valence-corrected chi connectivity index (χ4v) is 2.01. The van der Waals surface area contributed by atoms with Crippen LogP contribution in [0.1, 0.15) is 58.2 Å². The van der Waals surface area contributed by atoms with Gasteiger partial charge in [0.15, 0.2) is 0 Å². The van der Waals surface area contributed by atoms with Crippen molar-refractivity contribution in [2.45, 2.75) is 52.4 Å². The molecular weight excluding hydrogens is 236 g/mol. The molecule has 0 aliphatic heterocycles. The zero-order valence-electron chi connectivity index (χ0n) is 13.1. The highest BCUT2D eigenvalue weighted by atomic mass is 16.3. The molecule has 0 spiro atoms. The third-order valence-corrected chi connectivity index (χ3v) is 3.09. The van der Waals surface area contributed by atoms with E-state index in [1.54, 1.807) is 13.3 Å². The minimum absolute atomic E-state index is 0.104. The summed E-state index contributed by atoms with van der Waals surface area (Å²) in [7, 11) is 1.77. The minimum atomic E-state index is -0.104. The summed E-state index contributed by atoms with van der Waals surface area (Å²) in [5.74, 6) is 0.404. The summed E-state index contributed by atoms with van der Waals surface area (Å²) < 4.78 is 0. The maximum absolute atomic E-state index is 10.5. The molecule has 1 rings (SSSR count). The molecule has 19 heavy (non-hydrogen) atoms. The summed E-state index contributed by atoms with van der Waals surface area (Å²) >= 11 is 0. The molecule has 0 fully saturated rings. The molecule has 0 aliphatic rings. The molecule has 1 aromatic rings. The van der Waals surface area contributed by atoms with E-state index >= 15 is 0 Å². The fourth-order valence-electron chi connectivity index (χ4n) is 2.01. The Kier molecular flexibility index (Phi) is 4.28. The summed E-state index contributed by atoms with van der Waals surface area (Å²) in [6.07, 6.45) is 1.78. The van der Waals surface area contributed by atoms with Crippen molar-refractivity contribution in [3.8, 4) is 5.75 Å².